The quantitative estimate of drug-likeness (QED) is 0.162. The number of sulfonamides is 1. The normalized spacial score (nSPS) is 14.0. The first-order chi connectivity index (χ1) is 22.5. The van der Waals surface area contributed by atoms with Crippen LogP contribution in [0.4, 0.5) is 5.69 Å². The van der Waals surface area contributed by atoms with Crippen molar-refractivity contribution in [3.63, 3.8) is 0 Å². The molecule has 1 saturated carbocycles. The van der Waals surface area contributed by atoms with E-state index in [0.717, 1.165) is 35.6 Å². The summed E-state index contributed by atoms with van der Waals surface area (Å²) in [6.07, 6.45) is 4.00. The predicted octanol–water partition coefficient (Wildman–Crippen LogP) is 7.85. The molecule has 1 aliphatic rings. The van der Waals surface area contributed by atoms with E-state index in [9.17, 15) is 18.0 Å². The van der Waals surface area contributed by atoms with Crippen LogP contribution in [-0.2, 0) is 32.6 Å². The molecule has 2 amide bonds. The monoisotopic (exact) mass is 711 g/mol. The number of amides is 2. The number of halogens is 3. The van der Waals surface area contributed by atoms with Crippen LogP contribution in [0.5, 0.6) is 0 Å². The first-order valence-electron chi connectivity index (χ1n) is 15.4. The molecule has 1 aliphatic carbocycles. The topological polar surface area (TPSA) is 86.8 Å². The highest BCUT2D eigenvalue weighted by Crippen LogP contribution is 2.29. The fourth-order valence-electron chi connectivity index (χ4n) is 5.85. The molecule has 4 aromatic carbocycles. The van der Waals surface area contributed by atoms with Gasteiger partial charge in [0.2, 0.25) is 11.8 Å². The van der Waals surface area contributed by atoms with Crippen LogP contribution in [0.1, 0.15) is 42.4 Å². The summed E-state index contributed by atoms with van der Waals surface area (Å²) in [6, 6.07) is 26.3. The van der Waals surface area contributed by atoms with Crippen LogP contribution in [-0.4, -0.2) is 43.8 Å². The van der Waals surface area contributed by atoms with Crippen molar-refractivity contribution >= 4 is 62.3 Å². The Hall–Kier alpha value is -3.56. The highest BCUT2D eigenvalue weighted by molar-refractivity contribution is 7.92. The van der Waals surface area contributed by atoms with Crippen molar-refractivity contribution in [3.8, 4) is 0 Å². The van der Waals surface area contributed by atoms with Crippen molar-refractivity contribution in [1.82, 2.24) is 10.2 Å². The molecule has 0 heterocycles. The standard InChI is InChI=1S/C36H36Cl3N3O4S/c1-25-9-5-8-14-33(25)42(47(45,46)30-18-16-28(37)17-19-30)24-35(43)41(23-27-15-20-31(38)32(39)21-27)34(22-26-10-3-2-4-11-26)36(44)40-29-12-6-7-13-29/h2-5,8-11,14-21,29,34H,6-7,12-13,22-24H2,1H3,(H,40,44)/t34-/m1/s1. The summed E-state index contributed by atoms with van der Waals surface area (Å²) in [5.41, 5.74) is 2.51. The molecule has 4 aromatic rings. The Labute approximate surface area is 291 Å². The summed E-state index contributed by atoms with van der Waals surface area (Å²) in [5, 5.41) is 4.21. The fourth-order valence-corrected chi connectivity index (χ4v) is 7.77. The number of hydrogen-bond acceptors (Lipinski definition) is 4. The average molecular weight is 713 g/mol. The molecule has 0 aromatic heterocycles. The lowest BCUT2D eigenvalue weighted by Crippen LogP contribution is -2.54. The number of benzene rings is 4. The van der Waals surface area contributed by atoms with Gasteiger partial charge in [-0.1, -0.05) is 102 Å². The highest BCUT2D eigenvalue weighted by Gasteiger charge is 2.36. The van der Waals surface area contributed by atoms with E-state index in [4.69, 9.17) is 34.8 Å². The van der Waals surface area contributed by atoms with Gasteiger partial charge in [-0.15, -0.1) is 0 Å². The van der Waals surface area contributed by atoms with Crippen LogP contribution in [0, 0.1) is 6.92 Å². The van der Waals surface area contributed by atoms with E-state index >= 15 is 0 Å². The second-order valence-electron chi connectivity index (χ2n) is 11.7. The number of rotatable bonds is 12. The molecule has 0 unspecified atom stereocenters. The van der Waals surface area contributed by atoms with Gasteiger partial charge in [0.15, 0.2) is 0 Å². The van der Waals surface area contributed by atoms with Crippen molar-refractivity contribution in [2.75, 3.05) is 10.8 Å². The molecule has 11 heteroatoms. The Balaban J connectivity index is 1.58. The molecule has 0 radical (unpaired) electrons. The third-order valence-corrected chi connectivity index (χ3v) is 11.1. The number of aryl methyl sites for hydroxylation is 1. The van der Waals surface area contributed by atoms with Gasteiger partial charge in [0.05, 0.1) is 20.6 Å². The average Bonchev–Trinajstić information content (AvgIpc) is 3.57. The molecule has 1 fully saturated rings. The lowest BCUT2D eigenvalue weighted by Gasteiger charge is -2.34. The smallest absolute Gasteiger partial charge is 0.264 e. The molecule has 5 rings (SSSR count). The number of nitrogens with zero attached hydrogens (tertiary/aromatic N) is 2. The zero-order chi connectivity index (χ0) is 33.6. The van der Waals surface area contributed by atoms with E-state index in [1.54, 1.807) is 49.4 Å². The van der Waals surface area contributed by atoms with Gasteiger partial charge in [-0.2, -0.15) is 0 Å². The predicted molar refractivity (Wildman–Crippen MR) is 189 cm³/mol. The lowest BCUT2D eigenvalue weighted by molar-refractivity contribution is -0.140. The maximum Gasteiger partial charge on any atom is 0.264 e. The molecule has 0 spiro atoms. The van der Waals surface area contributed by atoms with Gasteiger partial charge >= 0.3 is 0 Å². The van der Waals surface area contributed by atoms with Crippen LogP contribution < -0.4 is 9.62 Å². The van der Waals surface area contributed by atoms with E-state index in [0.29, 0.717) is 31.9 Å². The minimum absolute atomic E-state index is 0.00604. The molecule has 246 valence electrons. The van der Waals surface area contributed by atoms with Crippen molar-refractivity contribution in [2.24, 2.45) is 0 Å². The first-order valence-corrected chi connectivity index (χ1v) is 18.0. The van der Waals surface area contributed by atoms with Gasteiger partial charge in [0.1, 0.15) is 12.6 Å². The van der Waals surface area contributed by atoms with Crippen LogP contribution in [0.15, 0.2) is 102 Å². The lowest BCUT2D eigenvalue weighted by atomic mass is 10.0. The fraction of sp³-hybridized carbons (Fsp3) is 0.278. The van der Waals surface area contributed by atoms with Crippen molar-refractivity contribution in [3.05, 3.63) is 129 Å². The van der Waals surface area contributed by atoms with Crippen molar-refractivity contribution < 1.29 is 18.0 Å². The van der Waals surface area contributed by atoms with E-state index in [1.165, 1.54) is 29.2 Å². The maximum atomic E-state index is 14.7. The zero-order valence-corrected chi connectivity index (χ0v) is 29.0. The molecule has 1 atom stereocenters. The number of carbonyl (C=O) groups is 2. The molecule has 0 aliphatic heterocycles. The van der Waals surface area contributed by atoms with Crippen LogP contribution in [0.3, 0.4) is 0 Å². The largest absolute Gasteiger partial charge is 0.352 e. The van der Waals surface area contributed by atoms with Gasteiger partial charge < -0.3 is 10.2 Å². The Kier molecular flexibility index (Phi) is 11.5. The molecule has 1 N–H and O–H groups in total. The number of para-hydroxylation sites is 1. The third-order valence-electron chi connectivity index (χ3n) is 8.37. The molecule has 0 bridgehead atoms. The summed E-state index contributed by atoms with van der Waals surface area (Å²) in [4.78, 5) is 30.2. The Morgan fingerprint density at radius 2 is 1.49 bits per heavy atom. The highest BCUT2D eigenvalue weighted by atomic mass is 35.5. The minimum Gasteiger partial charge on any atom is -0.352 e. The number of nitrogens with one attached hydrogen (secondary N) is 1. The van der Waals surface area contributed by atoms with Gasteiger partial charge in [-0.3, -0.25) is 13.9 Å². The van der Waals surface area contributed by atoms with Crippen LogP contribution in [0.2, 0.25) is 15.1 Å². The van der Waals surface area contributed by atoms with Gasteiger partial charge in [-0.05, 0) is 78.9 Å². The molecule has 47 heavy (non-hydrogen) atoms. The van der Waals surface area contributed by atoms with Gasteiger partial charge in [0.25, 0.3) is 10.0 Å². The van der Waals surface area contributed by atoms with Crippen molar-refractivity contribution in [2.45, 2.75) is 62.6 Å². The molecule has 0 saturated heterocycles. The van der Waals surface area contributed by atoms with Gasteiger partial charge in [0, 0.05) is 24.0 Å². The summed E-state index contributed by atoms with van der Waals surface area (Å²) in [5.74, 6) is -0.850. The second kappa shape index (κ2) is 15.6. The van der Waals surface area contributed by atoms with E-state index in [-0.39, 0.29) is 29.8 Å². The molecule has 7 nitrogen and oxygen atoms in total. The first kappa shape index (κ1) is 34.8. The SMILES string of the molecule is Cc1ccccc1N(CC(=O)N(Cc1ccc(Cl)c(Cl)c1)[C@H](Cc1ccccc1)C(=O)NC1CCCC1)S(=O)(=O)c1ccc(Cl)cc1. The summed E-state index contributed by atoms with van der Waals surface area (Å²) in [6.45, 7) is 1.22. The van der Waals surface area contributed by atoms with Crippen molar-refractivity contribution in [1.29, 1.82) is 0 Å². The molecular weight excluding hydrogens is 677 g/mol. The summed E-state index contributed by atoms with van der Waals surface area (Å²) < 4.78 is 29.5. The van der Waals surface area contributed by atoms with Crippen LogP contribution in [0.25, 0.3) is 0 Å². The Morgan fingerprint density at radius 3 is 2.15 bits per heavy atom. The molecular formula is C36H36Cl3N3O4S. The van der Waals surface area contributed by atoms with E-state index in [2.05, 4.69) is 5.32 Å². The zero-order valence-electron chi connectivity index (χ0n) is 25.9. The minimum atomic E-state index is -4.24. The number of carbonyl (C=O) groups excluding carboxylic acids is 2. The van der Waals surface area contributed by atoms with E-state index < -0.39 is 28.5 Å². The van der Waals surface area contributed by atoms with Crippen LogP contribution >= 0.6 is 34.8 Å². The Morgan fingerprint density at radius 1 is 0.830 bits per heavy atom. The maximum absolute atomic E-state index is 14.7. The second-order valence-corrected chi connectivity index (χ2v) is 14.8. The van der Waals surface area contributed by atoms with Gasteiger partial charge in [-0.25, -0.2) is 8.42 Å². The number of anilines is 1. The third kappa shape index (κ3) is 8.68. The number of hydrogen-bond donors (Lipinski definition) is 1. The summed E-state index contributed by atoms with van der Waals surface area (Å²) >= 11 is 18.7. The summed E-state index contributed by atoms with van der Waals surface area (Å²) in [7, 11) is -4.24. The Bertz CT molecular complexity index is 1820. The van der Waals surface area contributed by atoms with E-state index in [1.807, 2.05) is 30.3 Å².